The Labute approximate surface area is 475 Å². The lowest BCUT2D eigenvalue weighted by Crippen LogP contribution is -2.62. The molecular weight excluding hydrogens is 1060 g/mol. The Morgan fingerprint density at radius 2 is 0.963 bits per heavy atom. The predicted molar refractivity (Wildman–Crippen MR) is 301 cm³/mol. The second-order valence-electron chi connectivity index (χ2n) is 21.6. The van der Waals surface area contributed by atoms with Gasteiger partial charge in [0.15, 0.2) is 0 Å². The van der Waals surface area contributed by atoms with E-state index in [1.54, 1.807) is 27.7 Å². The topological polar surface area (TPSA) is 491 Å². The molecule has 464 valence electrons. The van der Waals surface area contributed by atoms with Crippen molar-refractivity contribution < 1.29 is 63.0 Å². The quantitative estimate of drug-likeness (QED) is 0.0347. The van der Waals surface area contributed by atoms with E-state index in [0.29, 0.717) is 12.3 Å². The van der Waals surface area contributed by atoms with Gasteiger partial charge in [0.05, 0.1) is 12.2 Å². The van der Waals surface area contributed by atoms with Crippen LogP contribution in [0.25, 0.3) is 0 Å². The fourth-order valence-corrected chi connectivity index (χ4v) is 8.60. The van der Waals surface area contributed by atoms with Crippen molar-refractivity contribution in [3.63, 3.8) is 0 Å². The highest BCUT2D eigenvalue weighted by molar-refractivity contribution is 5.99. The van der Waals surface area contributed by atoms with Gasteiger partial charge in [0.2, 0.25) is 65.0 Å². The Bertz CT molecular complexity index is 2050. The van der Waals surface area contributed by atoms with Gasteiger partial charge in [0.1, 0.15) is 60.4 Å². The van der Waals surface area contributed by atoms with Crippen LogP contribution in [0.1, 0.15) is 132 Å². The summed E-state index contributed by atoms with van der Waals surface area (Å²) in [6.07, 6.45) is -1.79. The summed E-state index contributed by atoms with van der Waals surface area (Å²) in [6.45, 7) is 12.5. The van der Waals surface area contributed by atoms with Crippen LogP contribution in [-0.4, -0.2) is 187 Å². The van der Waals surface area contributed by atoms with Crippen molar-refractivity contribution in [1.29, 1.82) is 0 Å². The lowest BCUT2D eigenvalue weighted by Gasteiger charge is -2.29. The van der Waals surface area contributed by atoms with Crippen LogP contribution in [0, 0.1) is 17.8 Å². The lowest BCUT2D eigenvalue weighted by atomic mass is 9.99. The number of carbonyl (C=O) groups is 11. The van der Waals surface area contributed by atoms with Crippen molar-refractivity contribution in [2.45, 2.75) is 205 Å². The number of nitrogens with two attached hydrogens (primary N) is 5. The third-order valence-electron chi connectivity index (χ3n) is 13.4. The minimum atomic E-state index is -1.69. The van der Waals surface area contributed by atoms with Crippen LogP contribution in [-0.2, 0) is 52.7 Å². The highest BCUT2D eigenvalue weighted by Gasteiger charge is 2.37. The Balaban J connectivity index is 3.84. The molecular formula is C52H98N16O13. The number of amides is 11. The van der Waals surface area contributed by atoms with Gasteiger partial charge in [-0.1, -0.05) is 54.4 Å². The van der Waals surface area contributed by atoms with Crippen LogP contribution >= 0.6 is 0 Å². The molecule has 13 atom stereocenters. The van der Waals surface area contributed by atoms with E-state index in [2.05, 4.69) is 65.4 Å². The van der Waals surface area contributed by atoms with E-state index in [9.17, 15) is 63.0 Å². The van der Waals surface area contributed by atoms with Crippen LogP contribution in [0.4, 0.5) is 0 Å². The average Bonchev–Trinajstić information content (AvgIpc) is 3.41. The Morgan fingerprint density at radius 3 is 1.38 bits per heavy atom. The Morgan fingerprint density at radius 1 is 0.531 bits per heavy atom. The van der Waals surface area contributed by atoms with Gasteiger partial charge in [0.25, 0.3) is 0 Å². The molecule has 0 aromatic carbocycles. The SMILES string of the molecule is CC[C@H](C)CCCC(=O)N[C@@H](CCN)C(=O)N[C@H](C(=O)N[C@@H](CCN)C(=O)N[C@H]1CCNC(=O)[C@H]([C@@H](C)O)NC(=O)[C@H](CCN)NC(=O)[C@H](CCN)NC(=O)[C@H](CC(C)C)NC(=O)[C@@H](CC(C)C)NC(=O)[C@H](CCN)NC1=O)[C@@H](C)O. The van der Waals surface area contributed by atoms with Crippen molar-refractivity contribution in [2.75, 3.05) is 39.3 Å². The summed E-state index contributed by atoms with van der Waals surface area (Å²) in [5.74, 6) is -9.60. The van der Waals surface area contributed by atoms with E-state index in [-0.39, 0.29) is 95.9 Å². The molecule has 1 fully saturated rings. The highest BCUT2D eigenvalue weighted by atomic mass is 16.3. The molecule has 1 saturated heterocycles. The molecule has 1 heterocycles. The summed E-state index contributed by atoms with van der Waals surface area (Å²) in [4.78, 5) is 153. The van der Waals surface area contributed by atoms with Crippen molar-refractivity contribution in [1.82, 2.24) is 58.5 Å². The molecule has 1 aliphatic heterocycles. The number of rotatable bonds is 28. The number of hydrogen-bond acceptors (Lipinski definition) is 18. The number of nitrogens with one attached hydrogen (secondary N) is 11. The summed E-state index contributed by atoms with van der Waals surface area (Å²) in [6, 6.07) is -14.5. The molecule has 0 unspecified atom stereocenters. The van der Waals surface area contributed by atoms with E-state index < -0.39 is 151 Å². The lowest BCUT2D eigenvalue weighted by molar-refractivity contribution is -0.137. The van der Waals surface area contributed by atoms with Gasteiger partial charge in [-0.05, 0) is 122 Å². The van der Waals surface area contributed by atoms with Gasteiger partial charge in [-0.15, -0.1) is 0 Å². The second kappa shape index (κ2) is 38.6. The molecule has 0 aromatic heterocycles. The van der Waals surface area contributed by atoms with E-state index in [4.69, 9.17) is 28.7 Å². The summed E-state index contributed by atoms with van der Waals surface area (Å²) in [5, 5.41) is 49.5. The molecule has 1 rings (SSSR count). The number of aliphatic hydroxyl groups excluding tert-OH is 2. The zero-order valence-corrected chi connectivity index (χ0v) is 48.7. The van der Waals surface area contributed by atoms with E-state index in [1.807, 2.05) is 6.92 Å². The average molecular weight is 1160 g/mol. The first-order valence-electron chi connectivity index (χ1n) is 28.3. The summed E-state index contributed by atoms with van der Waals surface area (Å²) in [7, 11) is 0. The van der Waals surface area contributed by atoms with Crippen LogP contribution < -0.4 is 87.2 Å². The van der Waals surface area contributed by atoms with Crippen molar-refractivity contribution in [3.8, 4) is 0 Å². The van der Waals surface area contributed by atoms with Gasteiger partial charge >= 0.3 is 0 Å². The molecule has 0 saturated carbocycles. The van der Waals surface area contributed by atoms with E-state index >= 15 is 0 Å². The van der Waals surface area contributed by atoms with Gasteiger partial charge in [0, 0.05) is 13.0 Å². The molecule has 0 aromatic rings. The Hall–Kier alpha value is -6.11. The van der Waals surface area contributed by atoms with Gasteiger partial charge in [-0.2, -0.15) is 0 Å². The maximum absolute atomic E-state index is 14.4. The molecule has 0 radical (unpaired) electrons. The Kier molecular flexibility index (Phi) is 34.7. The maximum atomic E-state index is 14.4. The number of hydrogen-bond donors (Lipinski definition) is 18. The predicted octanol–water partition coefficient (Wildman–Crippen LogP) is -5.83. The second-order valence-corrected chi connectivity index (χ2v) is 21.6. The van der Waals surface area contributed by atoms with Gasteiger partial charge in [-0.3, -0.25) is 52.7 Å². The van der Waals surface area contributed by atoms with E-state index in [1.165, 1.54) is 13.8 Å². The molecule has 1 aliphatic rings. The summed E-state index contributed by atoms with van der Waals surface area (Å²) in [5.41, 5.74) is 29.2. The van der Waals surface area contributed by atoms with Gasteiger partial charge < -0.3 is 97.4 Å². The molecule has 29 heteroatoms. The monoisotopic (exact) mass is 1150 g/mol. The van der Waals surface area contributed by atoms with Gasteiger partial charge in [-0.25, -0.2) is 0 Å². The van der Waals surface area contributed by atoms with Crippen molar-refractivity contribution in [3.05, 3.63) is 0 Å². The highest BCUT2D eigenvalue weighted by Crippen LogP contribution is 2.13. The third-order valence-corrected chi connectivity index (χ3v) is 13.4. The first-order valence-corrected chi connectivity index (χ1v) is 28.3. The van der Waals surface area contributed by atoms with E-state index in [0.717, 1.165) is 12.8 Å². The number of aliphatic hydroxyl groups is 2. The van der Waals surface area contributed by atoms with Crippen LogP contribution in [0.2, 0.25) is 0 Å². The molecule has 0 aliphatic carbocycles. The zero-order valence-electron chi connectivity index (χ0n) is 48.7. The fraction of sp³-hybridized carbons (Fsp3) is 0.788. The summed E-state index contributed by atoms with van der Waals surface area (Å²) < 4.78 is 0. The minimum Gasteiger partial charge on any atom is -0.391 e. The third kappa shape index (κ3) is 27.0. The van der Waals surface area contributed by atoms with Crippen molar-refractivity contribution >= 4 is 65.0 Å². The molecule has 23 N–H and O–H groups in total. The number of carbonyl (C=O) groups excluding carboxylic acids is 11. The molecule has 11 amide bonds. The first kappa shape index (κ1) is 72.9. The fourth-order valence-electron chi connectivity index (χ4n) is 8.60. The minimum absolute atomic E-state index is 0.0146. The maximum Gasteiger partial charge on any atom is 0.245 e. The molecule has 0 spiro atoms. The largest absolute Gasteiger partial charge is 0.391 e. The summed E-state index contributed by atoms with van der Waals surface area (Å²) >= 11 is 0. The normalized spacial score (nSPS) is 23.6. The first-order chi connectivity index (χ1) is 38.2. The molecule has 29 nitrogen and oxygen atoms in total. The van der Waals surface area contributed by atoms with Crippen LogP contribution in [0.3, 0.4) is 0 Å². The smallest absolute Gasteiger partial charge is 0.245 e. The molecule has 81 heavy (non-hydrogen) atoms. The zero-order chi connectivity index (χ0) is 61.5. The standard InChI is InChI=1S/C52H98N16O13/c1-9-29(6)11-10-12-40(71)59-32(13-19-53)47(76)68-42(31(8)70)52(81)64-35(16-22-56)44(73)63-37-18-24-58-51(80)41(30(7)69)67-48(77)36(17-23-57)61-43(72)33(14-20-54)62-49(78)38(25-27(2)3)66-50(79)39(26-28(4)5)65-45(74)34(15-21-55)60-46(37)75/h27-39,41-42,69-70H,9-26,53-57H2,1-8H3,(H,58,80)(H,59,71)(H,60,75)(H,61,72)(H,62,78)(H,63,73)(H,64,81)(H,65,74)(H,66,79)(H,67,77)(H,68,76)/t29-,30+,31+,32-,33-,34-,35-,36-,37-,38-,39+,41-,42-/m0/s1. The van der Waals surface area contributed by atoms with Crippen LogP contribution in [0.15, 0.2) is 0 Å². The molecule has 0 bridgehead atoms. The van der Waals surface area contributed by atoms with Crippen LogP contribution in [0.5, 0.6) is 0 Å². The van der Waals surface area contributed by atoms with Crippen molar-refractivity contribution in [2.24, 2.45) is 46.4 Å².